The van der Waals surface area contributed by atoms with Crippen LogP contribution in [0.4, 0.5) is 9.59 Å². The molecular weight excluding hydrogens is 771 g/mol. The zero-order valence-electron chi connectivity index (χ0n) is 37.1. The molecule has 0 aliphatic carbocycles. The molecule has 4 aromatic rings. The molecule has 3 heterocycles. The summed E-state index contributed by atoms with van der Waals surface area (Å²) in [5.41, 5.74) is 4.89. The number of pyridine rings is 2. The van der Waals surface area contributed by atoms with Crippen LogP contribution in [0.2, 0.25) is 0 Å². The number of aromatic nitrogens is 2. The molecule has 0 bridgehead atoms. The predicted octanol–water partition coefficient (Wildman–Crippen LogP) is 6.39. The van der Waals surface area contributed by atoms with E-state index in [2.05, 4.69) is 25.9 Å². The lowest BCUT2D eigenvalue weighted by Gasteiger charge is -2.38. The number of ether oxygens (including phenoxy) is 1. The second kappa shape index (κ2) is 20.2. The second-order valence-corrected chi connectivity index (χ2v) is 18.3. The van der Waals surface area contributed by atoms with Gasteiger partial charge in [0.25, 0.3) is 0 Å². The van der Waals surface area contributed by atoms with Gasteiger partial charge in [-0.1, -0.05) is 108 Å². The van der Waals surface area contributed by atoms with Gasteiger partial charge in [0.05, 0.1) is 37.2 Å². The number of aliphatic hydroxyl groups is 1. The molecule has 2 aromatic heterocycles. The molecule has 0 radical (unpaired) electrons. The number of hydrogen-bond donors (Lipinski definition) is 4. The van der Waals surface area contributed by atoms with Crippen LogP contribution in [0, 0.1) is 24.7 Å². The molecule has 4 N–H and O–H groups in total. The Morgan fingerprint density at radius 1 is 0.787 bits per heavy atom. The average Bonchev–Trinajstić information content (AvgIpc) is 3.54. The molecule has 0 saturated carbocycles. The number of benzene rings is 2. The minimum atomic E-state index is -1.16. The summed E-state index contributed by atoms with van der Waals surface area (Å²) in [4.78, 5) is 67.5. The van der Waals surface area contributed by atoms with Gasteiger partial charge in [-0.25, -0.2) is 9.59 Å². The highest BCUT2D eigenvalue weighted by Gasteiger charge is 2.44. The lowest BCUT2D eigenvalue weighted by molar-refractivity contribution is -0.130. The van der Waals surface area contributed by atoms with Gasteiger partial charge in [0.1, 0.15) is 12.1 Å². The number of methoxy groups -OCH3 is 1. The van der Waals surface area contributed by atoms with Crippen LogP contribution in [-0.4, -0.2) is 99.3 Å². The van der Waals surface area contributed by atoms with E-state index in [0.717, 1.165) is 39.3 Å². The summed E-state index contributed by atoms with van der Waals surface area (Å²) in [5, 5.41) is 21.2. The van der Waals surface area contributed by atoms with Crippen molar-refractivity contribution in [1.82, 2.24) is 35.7 Å². The molecule has 0 spiro atoms. The number of rotatable bonds is 16. The Morgan fingerprint density at radius 2 is 1.48 bits per heavy atom. The molecule has 5 rings (SSSR count). The fourth-order valence-corrected chi connectivity index (χ4v) is 7.81. The molecule has 1 aliphatic heterocycles. The second-order valence-electron chi connectivity index (χ2n) is 18.3. The zero-order valence-corrected chi connectivity index (χ0v) is 37.1. The Morgan fingerprint density at radius 3 is 2.08 bits per heavy atom. The maximum absolute atomic E-state index is 14.6. The summed E-state index contributed by atoms with van der Waals surface area (Å²) in [6.45, 7) is 16.4. The maximum atomic E-state index is 14.6. The number of carbonyl (C=O) groups is 4. The van der Waals surface area contributed by atoms with Crippen molar-refractivity contribution in [2.24, 2.45) is 10.8 Å². The Labute approximate surface area is 360 Å². The van der Waals surface area contributed by atoms with E-state index in [1.165, 1.54) is 7.11 Å². The number of aryl methyl sites for hydroxylation is 2. The maximum Gasteiger partial charge on any atom is 0.407 e. The third-order valence-electron chi connectivity index (χ3n) is 11.0. The van der Waals surface area contributed by atoms with Crippen molar-refractivity contribution in [2.75, 3.05) is 20.2 Å². The number of nitrogens with zero attached hydrogens (tertiary/aromatic N) is 4. The molecule has 1 fully saturated rings. The van der Waals surface area contributed by atoms with Crippen LogP contribution in [0.5, 0.6) is 0 Å². The number of amides is 5. The normalized spacial score (nSPS) is 15.7. The molecule has 1 aliphatic rings. The van der Waals surface area contributed by atoms with E-state index >= 15 is 0 Å². The standard InChI is InChI=1S/C48H63N7O6/c1-31-18-23-38(49-29-31)35-21-19-34(20-22-35)27-39(52-43(57)41(47(3,4)5)53-45(59)61-9)40(56)28-37(26-33-15-11-10-12-16-33)51-44(58)42(48(6,7)8)55-25-24-54(46(55)60)30-36-17-13-14-32(2)50-36/h10-23,29,37,39-42,56H,24-28,30H2,1-9H3,(H,51,58)(H,52,57)(H,53,59)/t37?,39?,40?,41?,42-/m1/s1. The fourth-order valence-electron chi connectivity index (χ4n) is 7.81. The summed E-state index contributed by atoms with van der Waals surface area (Å²) >= 11 is 0. The Kier molecular flexibility index (Phi) is 15.3. The first-order chi connectivity index (χ1) is 28.8. The van der Waals surface area contributed by atoms with Gasteiger partial charge in [-0.05, 0) is 78.8 Å². The molecule has 2 aromatic carbocycles. The Bertz CT molecular complexity index is 2100. The number of hydrogen-bond acceptors (Lipinski definition) is 8. The van der Waals surface area contributed by atoms with Crippen LogP contribution in [0.3, 0.4) is 0 Å². The lowest BCUT2D eigenvalue weighted by atomic mass is 9.84. The van der Waals surface area contributed by atoms with Gasteiger partial charge in [0, 0.05) is 36.6 Å². The van der Waals surface area contributed by atoms with Crippen molar-refractivity contribution in [3.63, 3.8) is 0 Å². The molecule has 1 saturated heterocycles. The van der Waals surface area contributed by atoms with Gasteiger partial charge >= 0.3 is 12.1 Å². The molecule has 61 heavy (non-hydrogen) atoms. The molecule has 5 atom stereocenters. The van der Waals surface area contributed by atoms with E-state index < -0.39 is 53.1 Å². The van der Waals surface area contributed by atoms with E-state index in [0.29, 0.717) is 26.1 Å². The van der Waals surface area contributed by atoms with Crippen LogP contribution in [-0.2, 0) is 33.7 Å². The largest absolute Gasteiger partial charge is 0.453 e. The SMILES string of the molecule is COC(=O)NC(C(=O)NC(Cc1ccc(-c2ccc(C)cn2)cc1)C(O)CC(Cc1ccccc1)NC(=O)[C@@H](N1CCN(Cc2cccc(C)n2)C1=O)C(C)(C)C)C(C)(C)C. The van der Waals surface area contributed by atoms with Crippen molar-refractivity contribution in [1.29, 1.82) is 0 Å². The first-order valence-electron chi connectivity index (χ1n) is 21.0. The van der Waals surface area contributed by atoms with Gasteiger partial charge in [0.15, 0.2) is 0 Å². The predicted molar refractivity (Wildman–Crippen MR) is 236 cm³/mol. The number of nitrogens with one attached hydrogen (secondary N) is 3. The summed E-state index contributed by atoms with van der Waals surface area (Å²) in [6.07, 6.45) is 0.598. The first-order valence-corrected chi connectivity index (χ1v) is 21.0. The average molecular weight is 834 g/mol. The van der Waals surface area contributed by atoms with Crippen LogP contribution < -0.4 is 16.0 Å². The summed E-state index contributed by atoms with van der Waals surface area (Å²) < 4.78 is 4.84. The summed E-state index contributed by atoms with van der Waals surface area (Å²) in [6, 6.07) is 23.7. The van der Waals surface area contributed by atoms with Gasteiger partial charge in [0.2, 0.25) is 11.8 Å². The quantitative estimate of drug-likeness (QED) is 0.101. The van der Waals surface area contributed by atoms with E-state index in [9.17, 15) is 24.3 Å². The molecule has 326 valence electrons. The highest BCUT2D eigenvalue weighted by atomic mass is 16.5. The summed E-state index contributed by atoms with van der Waals surface area (Å²) in [5.74, 6) is -0.822. The minimum absolute atomic E-state index is 0.0670. The Balaban J connectivity index is 1.42. The summed E-state index contributed by atoms with van der Waals surface area (Å²) in [7, 11) is 1.24. The number of urea groups is 1. The zero-order chi connectivity index (χ0) is 44.5. The van der Waals surface area contributed by atoms with Crippen molar-refractivity contribution in [2.45, 2.75) is 111 Å². The van der Waals surface area contributed by atoms with Gasteiger partial charge in [-0.15, -0.1) is 0 Å². The van der Waals surface area contributed by atoms with Gasteiger partial charge in [-0.3, -0.25) is 19.6 Å². The minimum Gasteiger partial charge on any atom is -0.453 e. The van der Waals surface area contributed by atoms with Crippen molar-refractivity contribution in [3.8, 4) is 11.3 Å². The van der Waals surface area contributed by atoms with Crippen molar-refractivity contribution in [3.05, 3.63) is 119 Å². The third-order valence-corrected chi connectivity index (χ3v) is 11.0. The van der Waals surface area contributed by atoms with Crippen LogP contribution in [0.15, 0.2) is 91.1 Å². The third kappa shape index (κ3) is 12.8. The van der Waals surface area contributed by atoms with Crippen LogP contribution >= 0.6 is 0 Å². The number of alkyl carbamates (subject to hydrolysis) is 1. The van der Waals surface area contributed by atoms with Gasteiger partial charge in [-0.2, -0.15) is 0 Å². The number of aliphatic hydroxyl groups excluding tert-OH is 1. The monoisotopic (exact) mass is 833 g/mol. The van der Waals surface area contributed by atoms with Gasteiger partial charge < -0.3 is 35.6 Å². The van der Waals surface area contributed by atoms with Crippen LogP contribution in [0.1, 0.15) is 76.0 Å². The van der Waals surface area contributed by atoms with E-state index in [-0.39, 0.29) is 24.8 Å². The van der Waals surface area contributed by atoms with Crippen molar-refractivity contribution < 1.29 is 29.0 Å². The van der Waals surface area contributed by atoms with E-state index in [1.54, 1.807) is 9.80 Å². The van der Waals surface area contributed by atoms with E-state index in [4.69, 9.17) is 4.74 Å². The van der Waals surface area contributed by atoms with E-state index in [1.807, 2.05) is 147 Å². The fraction of sp³-hybridized carbons (Fsp3) is 0.458. The lowest BCUT2D eigenvalue weighted by Crippen LogP contribution is -2.59. The molecule has 4 unspecified atom stereocenters. The highest BCUT2D eigenvalue weighted by Crippen LogP contribution is 2.29. The first kappa shape index (κ1) is 46.2. The topological polar surface area (TPSA) is 166 Å². The highest BCUT2D eigenvalue weighted by molar-refractivity contribution is 5.89. The number of carbonyl (C=O) groups excluding carboxylic acids is 4. The molecule has 5 amide bonds. The Hall–Kier alpha value is -5.82. The molecule has 13 nitrogen and oxygen atoms in total. The molecular formula is C48H63N7O6. The van der Waals surface area contributed by atoms with Crippen molar-refractivity contribution >= 4 is 23.9 Å². The smallest absolute Gasteiger partial charge is 0.407 e. The molecule has 13 heteroatoms. The van der Waals surface area contributed by atoms with Crippen LogP contribution in [0.25, 0.3) is 11.3 Å².